The van der Waals surface area contributed by atoms with Gasteiger partial charge in [-0.2, -0.15) is 0 Å². The van der Waals surface area contributed by atoms with Crippen LogP contribution in [-0.4, -0.2) is 9.97 Å². The van der Waals surface area contributed by atoms with Crippen LogP contribution in [0, 0.1) is 0 Å². The standard InChI is InChI=1S/C43H32N2S/c1-43(2)36-20-8-6-18-33(36)34-23-22-31(26-37(34)43)29-15-10-14-28(24-29)30-16-11-17-32(25-30)42-44-39(27-12-4-3-5-13-27)41-40(45-42)35-19-7-9-21-38(35)46-41/h3-5,7-17,19-26H,6,18H2,1-2H3. The molecule has 0 spiro atoms. The molecule has 0 saturated heterocycles. The van der Waals surface area contributed by atoms with Crippen molar-refractivity contribution in [3.05, 3.63) is 150 Å². The Balaban J connectivity index is 1.13. The fourth-order valence-corrected chi connectivity index (χ4v) is 8.56. The van der Waals surface area contributed by atoms with Crippen LogP contribution in [0.3, 0.4) is 0 Å². The van der Waals surface area contributed by atoms with E-state index in [2.05, 4.69) is 147 Å². The molecule has 0 radical (unpaired) electrons. The van der Waals surface area contributed by atoms with E-state index in [4.69, 9.17) is 9.97 Å². The second-order valence-corrected chi connectivity index (χ2v) is 14.0. The summed E-state index contributed by atoms with van der Waals surface area (Å²) in [5.74, 6) is 0.749. The molecule has 46 heavy (non-hydrogen) atoms. The molecular weight excluding hydrogens is 577 g/mol. The molecule has 0 N–H and O–H groups in total. The maximum absolute atomic E-state index is 5.20. The third kappa shape index (κ3) is 4.30. The Bertz CT molecular complexity index is 2390. The highest BCUT2D eigenvalue weighted by molar-refractivity contribution is 7.26. The molecule has 0 atom stereocenters. The molecule has 9 rings (SSSR count). The molecule has 0 aliphatic heterocycles. The molecule has 0 fully saturated rings. The van der Waals surface area contributed by atoms with Crippen molar-refractivity contribution in [1.29, 1.82) is 0 Å². The van der Waals surface area contributed by atoms with Gasteiger partial charge in [-0.3, -0.25) is 0 Å². The molecule has 2 nitrogen and oxygen atoms in total. The first-order chi connectivity index (χ1) is 22.5. The topological polar surface area (TPSA) is 25.8 Å². The number of fused-ring (bicyclic) bond motifs is 5. The first-order valence-electron chi connectivity index (χ1n) is 16.1. The van der Waals surface area contributed by atoms with Gasteiger partial charge >= 0.3 is 0 Å². The first-order valence-corrected chi connectivity index (χ1v) is 16.9. The van der Waals surface area contributed by atoms with E-state index in [0.29, 0.717) is 0 Å². The molecule has 7 aromatic rings. The van der Waals surface area contributed by atoms with E-state index in [9.17, 15) is 0 Å². The van der Waals surface area contributed by atoms with Gasteiger partial charge in [-0.1, -0.05) is 123 Å². The van der Waals surface area contributed by atoms with Crippen LogP contribution < -0.4 is 0 Å². The predicted octanol–water partition coefficient (Wildman–Crippen LogP) is 11.9. The third-order valence-electron chi connectivity index (χ3n) is 9.78. The van der Waals surface area contributed by atoms with Crippen molar-refractivity contribution in [2.75, 3.05) is 0 Å². The highest BCUT2D eigenvalue weighted by Crippen LogP contribution is 2.51. The smallest absolute Gasteiger partial charge is 0.160 e. The van der Waals surface area contributed by atoms with E-state index in [1.54, 1.807) is 11.3 Å². The molecule has 220 valence electrons. The van der Waals surface area contributed by atoms with Crippen LogP contribution >= 0.6 is 11.3 Å². The Kier molecular flexibility index (Phi) is 6.19. The quantitative estimate of drug-likeness (QED) is 0.199. The number of allylic oxidation sites excluding steroid dienone is 4. The van der Waals surface area contributed by atoms with E-state index in [0.717, 1.165) is 51.3 Å². The normalized spacial score (nSPS) is 15.0. The highest BCUT2D eigenvalue weighted by Gasteiger charge is 2.37. The van der Waals surface area contributed by atoms with E-state index in [1.807, 2.05) is 0 Å². The van der Waals surface area contributed by atoms with E-state index >= 15 is 0 Å². The molecule has 0 bridgehead atoms. The lowest BCUT2D eigenvalue weighted by atomic mass is 9.79. The van der Waals surface area contributed by atoms with Crippen LogP contribution in [0.1, 0.15) is 37.8 Å². The van der Waals surface area contributed by atoms with E-state index in [-0.39, 0.29) is 5.41 Å². The molecule has 5 aromatic carbocycles. The molecule has 2 heterocycles. The van der Waals surface area contributed by atoms with Gasteiger partial charge < -0.3 is 0 Å². The van der Waals surface area contributed by atoms with E-state index < -0.39 is 0 Å². The van der Waals surface area contributed by atoms with Crippen molar-refractivity contribution in [2.24, 2.45) is 0 Å². The summed E-state index contributed by atoms with van der Waals surface area (Å²) in [4.78, 5) is 10.4. The van der Waals surface area contributed by atoms with Crippen molar-refractivity contribution in [1.82, 2.24) is 9.97 Å². The Morgan fingerprint density at radius 1 is 0.630 bits per heavy atom. The summed E-state index contributed by atoms with van der Waals surface area (Å²) >= 11 is 1.77. The highest BCUT2D eigenvalue weighted by atomic mass is 32.1. The molecular formula is C43H32N2S. The Hall–Kier alpha value is -5.12. The first kappa shape index (κ1) is 27.2. The number of thiophene rings is 1. The number of nitrogens with zero attached hydrogens (tertiary/aromatic N) is 2. The average Bonchev–Trinajstić information content (AvgIpc) is 3.60. The van der Waals surface area contributed by atoms with Crippen LogP contribution in [0.15, 0.2) is 139 Å². The largest absolute Gasteiger partial charge is 0.226 e. The van der Waals surface area contributed by atoms with Crippen molar-refractivity contribution in [3.8, 4) is 44.9 Å². The van der Waals surface area contributed by atoms with Gasteiger partial charge in [0, 0.05) is 26.6 Å². The van der Waals surface area contributed by atoms with Gasteiger partial charge in [0.15, 0.2) is 5.82 Å². The summed E-state index contributed by atoms with van der Waals surface area (Å²) in [6.45, 7) is 4.74. The molecule has 2 aromatic heterocycles. The predicted molar refractivity (Wildman–Crippen MR) is 195 cm³/mol. The fraction of sp³-hybridized carbons (Fsp3) is 0.116. The fourth-order valence-electron chi connectivity index (χ4n) is 7.41. The molecule has 0 unspecified atom stereocenters. The Morgan fingerprint density at radius 3 is 2.11 bits per heavy atom. The second-order valence-electron chi connectivity index (χ2n) is 12.9. The Labute approximate surface area is 273 Å². The minimum Gasteiger partial charge on any atom is -0.226 e. The summed E-state index contributed by atoms with van der Waals surface area (Å²) < 4.78 is 2.36. The number of hydrogen-bond acceptors (Lipinski definition) is 3. The SMILES string of the molecule is CC1(C)C2=C(CCC=C2)c2ccc(-c3cccc(-c4cccc(-c5nc(-c6ccccc6)c6sc7ccccc7c6n5)c4)c3)cc21. The van der Waals surface area contributed by atoms with Gasteiger partial charge in [0.1, 0.15) is 0 Å². The second kappa shape index (κ2) is 10.5. The number of hydrogen-bond donors (Lipinski definition) is 0. The summed E-state index contributed by atoms with van der Waals surface area (Å²) in [6.07, 6.45) is 6.96. The van der Waals surface area contributed by atoms with Crippen molar-refractivity contribution in [2.45, 2.75) is 32.1 Å². The average molecular weight is 609 g/mol. The van der Waals surface area contributed by atoms with Gasteiger partial charge in [0.05, 0.1) is 15.9 Å². The van der Waals surface area contributed by atoms with Crippen molar-refractivity contribution >= 4 is 37.2 Å². The summed E-state index contributed by atoms with van der Waals surface area (Å²) in [6, 6.07) is 43.7. The van der Waals surface area contributed by atoms with Crippen LogP contribution in [-0.2, 0) is 5.41 Å². The minimum absolute atomic E-state index is 0.0248. The number of benzene rings is 5. The maximum Gasteiger partial charge on any atom is 0.160 e. The summed E-state index contributed by atoms with van der Waals surface area (Å²) in [5.41, 5.74) is 14.9. The number of rotatable bonds is 4. The molecule has 2 aliphatic carbocycles. The molecule has 3 heteroatoms. The zero-order chi connectivity index (χ0) is 30.8. The van der Waals surface area contributed by atoms with Crippen molar-refractivity contribution < 1.29 is 0 Å². The minimum atomic E-state index is 0.0248. The number of aromatic nitrogens is 2. The lowest BCUT2D eigenvalue weighted by molar-refractivity contribution is 0.651. The summed E-state index contributed by atoms with van der Waals surface area (Å²) in [7, 11) is 0. The molecule has 2 aliphatic rings. The van der Waals surface area contributed by atoms with Gasteiger partial charge in [-0.05, 0) is 81.6 Å². The van der Waals surface area contributed by atoms with Crippen molar-refractivity contribution in [3.63, 3.8) is 0 Å². The lowest BCUT2D eigenvalue weighted by Gasteiger charge is -2.24. The lowest BCUT2D eigenvalue weighted by Crippen LogP contribution is -2.16. The van der Waals surface area contributed by atoms with Crippen LogP contribution in [0.4, 0.5) is 0 Å². The third-order valence-corrected chi connectivity index (χ3v) is 10.9. The van der Waals surface area contributed by atoms with E-state index in [1.165, 1.54) is 49.0 Å². The molecule has 0 saturated carbocycles. The summed E-state index contributed by atoms with van der Waals surface area (Å²) in [5, 5.41) is 1.18. The zero-order valence-corrected chi connectivity index (χ0v) is 26.7. The van der Waals surface area contributed by atoms with Gasteiger partial charge in [-0.25, -0.2) is 9.97 Å². The molecule has 0 amide bonds. The van der Waals surface area contributed by atoms with Gasteiger partial charge in [0.2, 0.25) is 0 Å². The van der Waals surface area contributed by atoms with Crippen LogP contribution in [0.25, 0.3) is 70.8 Å². The Morgan fingerprint density at radius 2 is 1.30 bits per heavy atom. The van der Waals surface area contributed by atoms with Crippen LogP contribution in [0.5, 0.6) is 0 Å². The van der Waals surface area contributed by atoms with Gasteiger partial charge in [-0.15, -0.1) is 11.3 Å². The van der Waals surface area contributed by atoms with Crippen LogP contribution in [0.2, 0.25) is 0 Å². The monoisotopic (exact) mass is 608 g/mol. The van der Waals surface area contributed by atoms with Gasteiger partial charge in [0.25, 0.3) is 0 Å². The maximum atomic E-state index is 5.20. The zero-order valence-electron chi connectivity index (χ0n) is 25.9.